The lowest BCUT2D eigenvalue weighted by atomic mass is 10.4. The molecule has 0 bridgehead atoms. The number of aldehydes is 1. The Balaban J connectivity index is 3.22. The molecule has 1 heterocycles. The quantitative estimate of drug-likeness (QED) is 0.494. The van der Waals surface area contributed by atoms with E-state index in [1.165, 1.54) is 4.68 Å². The molecule has 0 atom stereocenters. The SMILES string of the molecule is Cc1nnn(C)c1C=O. The van der Waals surface area contributed by atoms with Crippen molar-refractivity contribution in [3.05, 3.63) is 11.4 Å². The summed E-state index contributed by atoms with van der Waals surface area (Å²) in [5, 5.41) is 7.29. The molecule has 48 valence electrons. The molecule has 0 amide bonds. The summed E-state index contributed by atoms with van der Waals surface area (Å²) in [4.78, 5) is 10.2. The van der Waals surface area contributed by atoms with Crippen molar-refractivity contribution >= 4 is 6.29 Å². The van der Waals surface area contributed by atoms with Crippen molar-refractivity contribution in [2.45, 2.75) is 6.92 Å². The lowest BCUT2D eigenvalue weighted by Crippen LogP contribution is -1.96. The Kier molecular flexibility index (Phi) is 1.30. The average Bonchev–Trinajstić information content (AvgIpc) is 2.12. The molecule has 1 aromatic heterocycles. The highest BCUT2D eigenvalue weighted by atomic mass is 16.1. The minimum Gasteiger partial charge on any atom is -0.296 e. The van der Waals surface area contributed by atoms with Crippen molar-refractivity contribution in [3.8, 4) is 0 Å². The molecule has 0 aliphatic heterocycles. The van der Waals surface area contributed by atoms with Crippen LogP contribution in [0.1, 0.15) is 16.2 Å². The van der Waals surface area contributed by atoms with Gasteiger partial charge in [0.05, 0.1) is 5.69 Å². The predicted octanol–water partition coefficient (Wildman–Crippen LogP) is -0.0640. The number of aryl methyl sites for hydroxylation is 2. The first kappa shape index (κ1) is 5.94. The zero-order chi connectivity index (χ0) is 6.85. The number of carbonyl (C=O) groups is 1. The van der Waals surface area contributed by atoms with Gasteiger partial charge in [0.1, 0.15) is 5.69 Å². The van der Waals surface area contributed by atoms with E-state index in [9.17, 15) is 4.79 Å². The van der Waals surface area contributed by atoms with Crippen LogP contribution in [0, 0.1) is 6.92 Å². The normalized spacial score (nSPS) is 9.56. The van der Waals surface area contributed by atoms with Crippen molar-refractivity contribution in [2.24, 2.45) is 7.05 Å². The summed E-state index contributed by atoms with van der Waals surface area (Å²) in [5.74, 6) is 0. The molecule has 0 radical (unpaired) electrons. The van der Waals surface area contributed by atoms with Crippen molar-refractivity contribution in [2.75, 3.05) is 0 Å². The third kappa shape index (κ3) is 0.826. The van der Waals surface area contributed by atoms with Gasteiger partial charge >= 0.3 is 0 Å². The van der Waals surface area contributed by atoms with Crippen LogP contribution in [0.25, 0.3) is 0 Å². The van der Waals surface area contributed by atoms with Crippen LogP contribution in [-0.2, 0) is 7.05 Å². The zero-order valence-corrected chi connectivity index (χ0v) is 5.33. The summed E-state index contributed by atoms with van der Waals surface area (Å²) in [7, 11) is 1.68. The maximum absolute atomic E-state index is 10.2. The van der Waals surface area contributed by atoms with Crippen LogP contribution in [0.3, 0.4) is 0 Å². The second-order valence-corrected chi connectivity index (χ2v) is 1.80. The summed E-state index contributed by atoms with van der Waals surface area (Å²) in [6.45, 7) is 1.75. The lowest BCUT2D eigenvalue weighted by Gasteiger charge is -1.86. The molecular formula is C5H7N3O. The fourth-order valence-corrected chi connectivity index (χ4v) is 0.629. The van der Waals surface area contributed by atoms with E-state index < -0.39 is 0 Å². The van der Waals surface area contributed by atoms with Crippen LogP contribution >= 0.6 is 0 Å². The molecule has 0 saturated carbocycles. The fourth-order valence-electron chi connectivity index (χ4n) is 0.629. The van der Waals surface area contributed by atoms with Gasteiger partial charge in [-0.2, -0.15) is 0 Å². The van der Waals surface area contributed by atoms with Crippen molar-refractivity contribution in [1.29, 1.82) is 0 Å². The van der Waals surface area contributed by atoms with Crippen molar-refractivity contribution in [1.82, 2.24) is 15.0 Å². The van der Waals surface area contributed by atoms with Crippen LogP contribution in [0.2, 0.25) is 0 Å². The fraction of sp³-hybridized carbons (Fsp3) is 0.400. The molecule has 4 nitrogen and oxygen atoms in total. The minimum atomic E-state index is 0.537. The largest absolute Gasteiger partial charge is 0.296 e. The highest BCUT2D eigenvalue weighted by molar-refractivity contribution is 5.73. The van der Waals surface area contributed by atoms with E-state index in [-0.39, 0.29) is 0 Å². The standard InChI is InChI=1S/C5H7N3O/c1-4-5(3-9)8(2)7-6-4/h3H,1-2H3. The van der Waals surface area contributed by atoms with Gasteiger partial charge in [-0.3, -0.25) is 4.79 Å². The van der Waals surface area contributed by atoms with E-state index in [1.807, 2.05) is 0 Å². The highest BCUT2D eigenvalue weighted by Crippen LogP contribution is 1.95. The summed E-state index contributed by atoms with van der Waals surface area (Å²) >= 11 is 0. The Morgan fingerprint density at radius 1 is 1.67 bits per heavy atom. The first-order chi connectivity index (χ1) is 4.25. The molecule has 0 saturated heterocycles. The summed E-state index contributed by atoms with van der Waals surface area (Å²) in [6.07, 6.45) is 0.745. The van der Waals surface area contributed by atoms with Gasteiger partial charge < -0.3 is 0 Å². The summed E-state index contributed by atoms with van der Waals surface area (Å²) in [5.41, 5.74) is 1.21. The van der Waals surface area contributed by atoms with Gasteiger partial charge in [0, 0.05) is 7.05 Å². The zero-order valence-electron chi connectivity index (χ0n) is 5.33. The molecule has 0 fully saturated rings. The Labute approximate surface area is 52.5 Å². The maximum atomic E-state index is 10.2. The summed E-state index contributed by atoms with van der Waals surface area (Å²) < 4.78 is 1.45. The predicted molar refractivity (Wildman–Crippen MR) is 31.1 cm³/mol. The molecule has 0 spiro atoms. The van der Waals surface area contributed by atoms with E-state index in [4.69, 9.17) is 0 Å². The summed E-state index contributed by atoms with van der Waals surface area (Å²) in [6, 6.07) is 0. The molecule has 9 heavy (non-hydrogen) atoms. The maximum Gasteiger partial charge on any atom is 0.170 e. The van der Waals surface area contributed by atoms with Gasteiger partial charge in [-0.15, -0.1) is 5.10 Å². The molecular weight excluding hydrogens is 118 g/mol. The lowest BCUT2D eigenvalue weighted by molar-refractivity contribution is 0.111. The molecule has 4 heteroatoms. The minimum absolute atomic E-state index is 0.537. The van der Waals surface area contributed by atoms with Gasteiger partial charge in [-0.1, -0.05) is 5.21 Å². The first-order valence-electron chi connectivity index (χ1n) is 2.57. The van der Waals surface area contributed by atoms with Gasteiger partial charge in [0.15, 0.2) is 6.29 Å². The molecule has 1 aromatic rings. The Morgan fingerprint density at radius 3 is 2.56 bits per heavy atom. The number of hydrogen-bond donors (Lipinski definition) is 0. The van der Waals surface area contributed by atoms with E-state index in [0.717, 1.165) is 6.29 Å². The number of nitrogens with zero attached hydrogens (tertiary/aromatic N) is 3. The Hall–Kier alpha value is -1.19. The van der Waals surface area contributed by atoms with Crippen LogP contribution < -0.4 is 0 Å². The van der Waals surface area contributed by atoms with Crippen LogP contribution in [0.5, 0.6) is 0 Å². The van der Waals surface area contributed by atoms with Crippen LogP contribution in [-0.4, -0.2) is 21.3 Å². The average molecular weight is 125 g/mol. The van der Waals surface area contributed by atoms with E-state index in [1.54, 1.807) is 14.0 Å². The molecule has 0 aliphatic rings. The number of hydrogen-bond acceptors (Lipinski definition) is 3. The van der Waals surface area contributed by atoms with Crippen molar-refractivity contribution in [3.63, 3.8) is 0 Å². The number of carbonyl (C=O) groups excluding carboxylic acids is 1. The monoisotopic (exact) mass is 125 g/mol. The Bertz CT molecular complexity index is 209. The molecule has 0 aliphatic carbocycles. The smallest absolute Gasteiger partial charge is 0.170 e. The van der Waals surface area contributed by atoms with E-state index in [0.29, 0.717) is 11.4 Å². The van der Waals surface area contributed by atoms with Gasteiger partial charge in [0.25, 0.3) is 0 Å². The van der Waals surface area contributed by atoms with Gasteiger partial charge in [-0.25, -0.2) is 4.68 Å². The number of aromatic nitrogens is 3. The highest BCUT2D eigenvalue weighted by Gasteiger charge is 2.01. The molecule has 0 unspecified atom stereocenters. The topological polar surface area (TPSA) is 47.8 Å². The second kappa shape index (κ2) is 1.97. The van der Waals surface area contributed by atoms with E-state index in [2.05, 4.69) is 10.3 Å². The molecule has 0 N–H and O–H groups in total. The first-order valence-corrected chi connectivity index (χ1v) is 2.57. The van der Waals surface area contributed by atoms with Crippen LogP contribution in [0.15, 0.2) is 0 Å². The van der Waals surface area contributed by atoms with Gasteiger partial charge in [-0.05, 0) is 6.92 Å². The Morgan fingerprint density at radius 2 is 2.33 bits per heavy atom. The number of rotatable bonds is 1. The van der Waals surface area contributed by atoms with Gasteiger partial charge in [0.2, 0.25) is 0 Å². The molecule has 0 aromatic carbocycles. The third-order valence-electron chi connectivity index (χ3n) is 1.16. The third-order valence-corrected chi connectivity index (χ3v) is 1.16. The second-order valence-electron chi connectivity index (χ2n) is 1.80. The van der Waals surface area contributed by atoms with E-state index >= 15 is 0 Å². The van der Waals surface area contributed by atoms with Crippen molar-refractivity contribution < 1.29 is 4.79 Å². The van der Waals surface area contributed by atoms with Crippen LogP contribution in [0.4, 0.5) is 0 Å². The molecule has 1 rings (SSSR count).